The molecule has 0 fully saturated rings. The van der Waals surface area contributed by atoms with E-state index in [2.05, 4.69) is 136 Å². The summed E-state index contributed by atoms with van der Waals surface area (Å²) in [7, 11) is 0. The summed E-state index contributed by atoms with van der Waals surface area (Å²) in [6, 6.07) is 44.3. The van der Waals surface area contributed by atoms with E-state index in [9.17, 15) is 0 Å². The fourth-order valence-corrected chi connectivity index (χ4v) is 8.10. The Labute approximate surface area is 244 Å². The first-order chi connectivity index (χ1) is 21.3. The fourth-order valence-electron chi connectivity index (χ4n) is 8.10. The van der Waals surface area contributed by atoms with Crippen molar-refractivity contribution in [2.24, 2.45) is 0 Å². The van der Waals surface area contributed by atoms with Crippen molar-refractivity contribution >= 4 is 109 Å². The lowest BCUT2D eigenvalue weighted by molar-refractivity contribution is 1.55. The van der Waals surface area contributed by atoms with Gasteiger partial charge in [0.2, 0.25) is 0 Å². The molecule has 3 aromatic heterocycles. The number of hydrogen-bond donors (Lipinski definition) is 3. The second-order valence-corrected chi connectivity index (χ2v) is 11.9. The number of benzene rings is 8. The highest BCUT2D eigenvalue weighted by molar-refractivity contribution is 6.39. The number of rotatable bonds is 0. The molecule has 0 saturated heterocycles. The van der Waals surface area contributed by atoms with E-state index < -0.39 is 0 Å². The van der Waals surface area contributed by atoms with Gasteiger partial charge in [-0.2, -0.15) is 0 Å². The third kappa shape index (κ3) is 2.58. The van der Waals surface area contributed by atoms with Crippen molar-refractivity contribution in [2.45, 2.75) is 0 Å². The van der Waals surface area contributed by atoms with Crippen LogP contribution in [0, 0.1) is 0 Å². The standard InChI is InChI=1S/C40H23N3/c1-5-13-25-21(9-1)23-11-3-7-15-27(23)37-33(25)35-31(41-37)19-17-29-30-18-20-32-36(40(30)43-39(29)35)34-26-14-6-2-10-22(26)24-12-4-8-16-28(24)38(34)42-32/h1-20,41-43H. The van der Waals surface area contributed by atoms with Crippen molar-refractivity contribution in [3.05, 3.63) is 121 Å². The zero-order valence-corrected chi connectivity index (χ0v) is 23.0. The van der Waals surface area contributed by atoms with Crippen molar-refractivity contribution in [2.75, 3.05) is 0 Å². The van der Waals surface area contributed by atoms with Crippen LogP contribution in [0.3, 0.4) is 0 Å². The maximum atomic E-state index is 4.01. The van der Waals surface area contributed by atoms with Gasteiger partial charge in [-0.15, -0.1) is 0 Å². The summed E-state index contributed by atoms with van der Waals surface area (Å²) < 4.78 is 0. The summed E-state index contributed by atoms with van der Waals surface area (Å²) in [5.41, 5.74) is 7.08. The SMILES string of the molecule is c1ccc2c(c1)c1ccccc1c1c2[nH]c2ccc3c4ccc5[nH]c6c7ccccc7c7ccccc7c6c5c4[nH]c3c21. The molecule has 0 saturated carbocycles. The molecule has 8 aromatic carbocycles. The minimum Gasteiger partial charge on any atom is -0.354 e. The smallest absolute Gasteiger partial charge is 0.0566 e. The zero-order chi connectivity index (χ0) is 27.8. The highest BCUT2D eigenvalue weighted by Gasteiger charge is 2.20. The van der Waals surface area contributed by atoms with Crippen LogP contribution in [-0.4, -0.2) is 15.0 Å². The van der Waals surface area contributed by atoms with Crippen molar-refractivity contribution in [1.29, 1.82) is 0 Å². The topological polar surface area (TPSA) is 47.4 Å². The first-order valence-electron chi connectivity index (χ1n) is 14.9. The highest BCUT2D eigenvalue weighted by Crippen LogP contribution is 2.45. The van der Waals surface area contributed by atoms with Gasteiger partial charge >= 0.3 is 0 Å². The molecule has 3 heterocycles. The average molecular weight is 546 g/mol. The molecular weight excluding hydrogens is 522 g/mol. The summed E-state index contributed by atoms with van der Waals surface area (Å²) in [6.07, 6.45) is 0. The number of nitrogens with one attached hydrogen (secondary N) is 3. The molecule has 0 radical (unpaired) electrons. The molecule has 0 unspecified atom stereocenters. The molecule has 0 aliphatic rings. The van der Waals surface area contributed by atoms with Crippen molar-refractivity contribution in [3.63, 3.8) is 0 Å². The zero-order valence-electron chi connectivity index (χ0n) is 23.0. The minimum atomic E-state index is 1.15. The van der Waals surface area contributed by atoms with Gasteiger partial charge in [0.25, 0.3) is 0 Å². The van der Waals surface area contributed by atoms with Gasteiger partial charge < -0.3 is 15.0 Å². The molecule has 3 heteroatoms. The Kier molecular flexibility index (Phi) is 3.83. The highest BCUT2D eigenvalue weighted by atomic mass is 14.8. The van der Waals surface area contributed by atoms with Crippen LogP contribution in [0.15, 0.2) is 121 Å². The molecule has 0 aliphatic heterocycles. The van der Waals surface area contributed by atoms with E-state index in [1.165, 1.54) is 97.5 Å². The number of aromatic amines is 3. The summed E-state index contributed by atoms with van der Waals surface area (Å²) in [5.74, 6) is 0. The predicted molar refractivity (Wildman–Crippen MR) is 185 cm³/mol. The molecule has 3 nitrogen and oxygen atoms in total. The first-order valence-corrected chi connectivity index (χ1v) is 14.9. The molecule has 11 rings (SSSR count). The first kappa shape index (κ1) is 21.9. The van der Waals surface area contributed by atoms with Crippen LogP contribution >= 0.6 is 0 Å². The maximum Gasteiger partial charge on any atom is 0.0566 e. The number of hydrogen-bond acceptors (Lipinski definition) is 0. The molecular formula is C40H23N3. The van der Waals surface area contributed by atoms with Crippen molar-refractivity contribution in [3.8, 4) is 0 Å². The van der Waals surface area contributed by atoms with E-state index in [0.717, 1.165) is 11.0 Å². The minimum absolute atomic E-state index is 1.15. The molecule has 0 aliphatic carbocycles. The molecule has 3 N–H and O–H groups in total. The second kappa shape index (κ2) is 7.53. The Hall–Kier alpha value is -5.80. The second-order valence-electron chi connectivity index (χ2n) is 11.9. The summed E-state index contributed by atoms with van der Waals surface area (Å²) >= 11 is 0. The largest absolute Gasteiger partial charge is 0.354 e. The molecule has 0 spiro atoms. The van der Waals surface area contributed by atoms with E-state index in [4.69, 9.17) is 0 Å². The molecule has 0 bridgehead atoms. The molecule has 11 aromatic rings. The quantitative estimate of drug-likeness (QED) is 0.159. The summed E-state index contributed by atoms with van der Waals surface area (Å²) in [6.45, 7) is 0. The van der Waals surface area contributed by atoms with Crippen LogP contribution in [-0.2, 0) is 0 Å². The van der Waals surface area contributed by atoms with Gasteiger partial charge in [0.15, 0.2) is 0 Å². The Bertz CT molecular complexity index is 2800. The Morgan fingerprint density at radius 3 is 0.953 bits per heavy atom. The van der Waals surface area contributed by atoms with Gasteiger partial charge in [0.05, 0.1) is 22.1 Å². The van der Waals surface area contributed by atoms with Crippen LogP contribution < -0.4 is 0 Å². The predicted octanol–water partition coefficient (Wildman–Crippen LogP) is 11.2. The van der Waals surface area contributed by atoms with Crippen molar-refractivity contribution in [1.82, 2.24) is 15.0 Å². The van der Waals surface area contributed by atoms with E-state index >= 15 is 0 Å². The van der Waals surface area contributed by atoms with Crippen LogP contribution in [0.2, 0.25) is 0 Å². The molecule has 198 valence electrons. The third-order valence-corrected chi connectivity index (χ3v) is 9.84. The normalized spacial score (nSPS) is 12.7. The van der Waals surface area contributed by atoms with E-state index in [-0.39, 0.29) is 0 Å². The average Bonchev–Trinajstić information content (AvgIpc) is 3.76. The van der Waals surface area contributed by atoms with Gasteiger partial charge in [-0.25, -0.2) is 0 Å². The Morgan fingerprint density at radius 2 is 0.535 bits per heavy atom. The van der Waals surface area contributed by atoms with Crippen LogP contribution in [0.5, 0.6) is 0 Å². The van der Waals surface area contributed by atoms with Crippen LogP contribution in [0.4, 0.5) is 0 Å². The molecule has 43 heavy (non-hydrogen) atoms. The lowest BCUT2D eigenvalue weighted by Gasteiger charge is -2.07. The lowest BCUT2D eigenvalue weighted by Crippen LogP contribution is -1.81. The van der Waals surface area contributed by atoms with Gasteiger partial charge in [0.1, 0.15) is 0 Å². The Balaban J connectivity index is 1.39. The number of fused-ring (bicyclic) bond motifs is 21. The van der Waals surface area contributed by atoms with Gasteiger partial charge in [0, 0.05) is 54.1 Å². The van der Waals surface area contributed by atoms with Crippen LogP contribution in [0.25, 0.3) is 109 Å². The summed E-state index contributed by atoms with van der Waals surface area (Å²) in [4.78, 5) is 11.7. The van der Waals surface area contributed by atoms with Gasteiger partial charge in [-0.05, 0) is 44.5 Å². The van der Waals surface area contributed by atoms with Crippen LogP contribution in [0.1, 0.15) is 0 Å². The lowest BCUT2D eigenvalue weighted by atomic mass is 9.96. The maximum absolute atomic E-state index is 4.01. The molecule has 0 amide bonds. The fraction of sp³-hybridized carbons (Fsp3) is 0. The van der Waals surface area contributed by atoms with Gasteiger partial charge in [-0.1, -0.05) is 109 Å². The summed E-state index contributed by atoms with van der Waals surface area (Å²) in [5, 5.41) is 17.8. The number of aromatic nitrogens is 3. The third-order valence-electron chi connectivity index (χ3n) is 9.84. The van der Waals surface area contributed by atoms with Crippen molar-refractivity contribution < 1.29 is 0 Å². The van der Waals surface area contributed by atoms with E-state index in [1.807, 2.05) is 0 Å². The monoisotopic (exact) mass is 545 g/mol. The van der Waals surface area contributed by atoms with Gasteiger partial charge in [-0.3, -0.25) is 0 Å². The number of H-pyrrole nitrogens is 3. The van der Waals surface area contributed by atoms with E-state index in [1.54, 1.807) is 0 Å². The Morgan fingerprint density at radius 1 is 0.233 bits per heavy atom. The van der Waals surface area contributed by atoms with E-state index in [0.29, 0.717) is 0 Å². The molecule has 0 atom stereocenters.